The SMILES string of the molecule is CCOC(=O)c1c(NC(=O)c2ccc(C)c([N+](=O)[O-])c2)sc(C(=O)Nc2ccccc2OC)c1C. The Morgan fingerprint density at radius 3 is 2.43 bits per heavy atom. The average Bonchev–Trinajstić information content (AvgIpc) is 3.15. The van der Waals surface area contributed by atoms with E-state index in [0.29, 0.717) is 22.6 Å². The van der Waals surface area contributed by atoms with E-state index < -0.39 is 22.7 Å². The maximum Gasteiger partial charge on any atom is 0.341 e. The second-order valence-corrected chi connectivity index (χ2v) is 8.37. The molecule has 2 aromatic carbocycles. The lowest BCUT2D eigenvalue weighted by Gasteiger charge is -2.09. The van der Waals surface area contributed by atoms with Gasteiger partial charge >= 0.3 is 5.97 Å². The van der Waals surface area contributed by atoms with Crippen molar-refractivity contribution < 1.29 is 28.8 Å². The molecular formula is C24H23N3O7S. The monoisotopic (exact) mass is 497 g/mol. The second kappa shape index (κ2) is 10.8. The summed E-state index contributed by atoms with van der Waals surface area (Å²) >= 11 is 0.898. The highest BCUT2D eigenvalue weighted by atomic mass is 32.1. The Balaban J connectivity index is 1.98. The van der Waals surface area contributed by atoms with Gasteiger partial charge in [-0.2, -0.15) is 0 Å². The quantitative estimate of drug-likeness (QED) is 0.255. The number of hydrogen-bond acceptors (Lipinski definition) is 8. The van der Waals surface area contributed by atoms with Gasteiger partial charge in [-0.15, -0.1) is 11.3 Å². The number of anilines is 2. The van der Waals surface area contributed by atoms with Crippen LogP contribution in [-0.2, 0) is 4.74 Å². The molecule has 0 fully saturated rings. The molecule has 0 aliphatic heterocycles. The number of nitro benzene ring substituents is 1. The molecular weight excluding hydrogens is 474 g/mol. The van der Waals surface area contributed by atoms with Crippen LogP contribution in [0.3, 0.4) is 0 Å². The zero-order valence-electron chi connectivity index (χ0n) is 19.5. The van der Waals surface area contributed by atoms with Crippen LogP contribution in [0.5, 0.6) is 5.75 Å². The van der Waals surface area contributed by atoms with Crippen molar-refractivity contribution in [3.8, 4) is 5.75 Å². The van der Waals surface area contributed by atoms with Gasteiger partial charge in [0.25, 0.3) is 17.5 Å². The summed E-state index contributed by atoms with van der Waals surface area (Å²) in [4.78, 5) is 49.5. The largest absolute Gasteiger partial charge is 0.495 e. The topological polar surface area (TPSA) is 137 Å². The summed E-state index contributed by atoms with van der Waals surface area (Å²) in [5, 5.41) is 16.7. The molecule has 0 saturated carbocycles. The zero-order valence-corrected chi connectivity index (χ0v) is 20.3. The molecule has 0 spiro atoms. The van der Waals surface area contributed by atoms with Crippen molar-refractivity contribution in [2.45, 2.75) is 20.8 Å². The van der Waals surface area contributed by atoms with Crippen LogP contribution in [0.2, 0.25) is 0 Å². The summed E-state index contributed by atoms with van der Waals surface area (Å²) in [5.74, 6) is -1.43. The van der Waals surface area contributed by atoms with Gasteiger partial charge < -0.3 is 20.1 Å². The highest BCUT2D eigenvalue weighted by molar-refractivity contribution is 7.19. The van der Waals surface area contributed by atoms with Gasteiger partial charge in [-0.1, -0.05) is 18.2 Å². The number of ether oxygens (including phenoxy) is 2. The minimum Gasteiger partial charge on any atom is -0.495 e. The molecule has 0 radical (unpaired) electrons. The van der Waals surface area contributed by atoms with Crippen molar-refractivity contribution >= 4 is 45.5 Å². The molecule has 2 amide bonds. The van der Waals surface area contributed by atoms with E-state index in [1.807, 2.05) is 0 Å². The Labute approximate surface area is 205 Å². The molecule has 10 nitrogen and oxygen atoms in total. The molecule has 0 saturated heterocycles. The number of aryl methyl sites for hydroxylation is 1. The number of nitro groups is 1. The van der Waals surface area contributed by atoms with E-state index in [1.165, 1.54) is 19.2 Å². The van der Waals surface area contributed by atoms with Crippen molar-refractivity contribution in [1.82, 2.24) is 0 Å². The number of nitrogens with one attached hydrogen (secondary N) is 2. The van der Waals surface area contributed by atoms with E-state index in [1.54, 1.807) is 45.0 Å². The van der Waals surface area contributed by atoms with Crippen LogP contribution < -0.4 is 15.4 Å². The Hall–Kier alpha value is -4.25. The number of carbonyl (C=O) groups excluding carboxylic acids is 3. The molecule has 182 valence electrons. The van der Waals surface area contributed by atoms with Gasteiger partial charge in [0.2, 0.25) is 0 Å². The average molecular weight is 498 g/mol. The third kappa shape index (κ3) is 5.46. The fourth-order valence-corrected chi connectivity index (χ4v) is 4.40. The first kappa shape index (κ1) is 25.4. The van der Waals surface area contributed by atoms with Crippen LogP contribution in [0.25, 0.3) is 0 Å². The number of carbonyl (C=O) groups is 3. The van der Waals surface area contributed by atoms with E-state index in [9.17, 15) is 24.5 Å². The normalized spacial score (nSPS) is 10.4. The van der Waals surface area contributed by atoms with Gasteiger partial charge in [0.15, 0.2) is 0 Å². The van der Waals surface area contributed by atoms with Crippen molar-refractivity contribution in [1.29, 1.82) is 0 Å². The van der Waals surface area contributed by atoms with Gasteiger partial charge in [0.1, 0.15) is 10.8 Å². The molecule has 2 N–H and O–H groups in total. The van der Waals surface area contributed by atoms with Crippen molar-refractivity contribution in [3.05, 3.63) is 79.7 Å². The molecule has 1 aromatic heterocycles. The number of esters is 1. The molecule has 11 heteroatoms. The number of hydrogen-bond donors (Lipinski definition) is 2. The fourth-order valence-electron chi connectivity index (χ4n) is 3.32. The van der Waals surface area contributed by atoms with Crippen LogP contribution in [-0.4, -0.2) is 36.4 Å². The van der Waals surface area contributed by atoms with E-state index in [0.717, 1.165) is 17.4 Å². The highest BCUT2D eigenvalue weighted by Crippen LogP contribution is 2.35. The number of thiophene rings is 1. The summed E-state index contributed by atoms with van der Waals surface area (Å²) in [6.45, 7) is 4.87. The minimum atomic E-state index is -0.706. The van der Waals surface area contributed by atoms with E-state index in [2.05, 4.69) is 10.6 Å². The lowest BCUT2D eigenvalue weighted by atomic mass is 10.1. The predicted molar refractivity (Wildman–Crippen MR) is 132 cm³/mol. The first-order valence-electron chi connectivity index (χ1n) is 10.5. The Bertz CT molecular complexity index is 1320. The number of benzene rings is 2. The third-order valence-corrected chi connectivity index (χ3v) is 6.29. The summed E-state index contributed by atoms with van der Waals surface area (Å²) in [5.41, 5.74) is 1.03. The Morgan fingerprint density at radius 1 is 1.06 bits per heavy atom. The van der Waals surface area contributed by atoms with E-state index in [-0.39, 0.29) is 33.3 Å². The standard InChI is InChI=1S/C24H23N3O7S/c1-5-34-24(30)19-14(3)20(22(29)25-16-8-6-7-9-18(16)33-4)35-23(19)26-21(28)15-11-10-13(2)17(12-15)27(31)32/h6-12H,5H2,1-4H3,(H,25,29)(H,26,28). The lowest BCUT2D eigenvalue weighted by Crippen LogP contribution is -2.15. The van der Waals surface area contributed by atoms with Crippen LogP contribution in [0.15, 0.2) is 42.5 Å². The minimum absolute atomic E-state index is 0.0307. The first-order chi connectivity index (χ1) is 16.7. The molecule has 1 heterocycles. The number of para-hydroxylation sites is 2. The van der Waals surface area contributed by atoms with Gasteiger partial charge in [-0.3, -0.25) is 19.7 Å². The molecule has 0 aliphatic carbocycles. The molecule has 0 atom stereocenters. The van der Waals surface area contributed by atoms with Gasteiger partial charge in [-0.05, 0) is 44.5 Å². The number of amides is 2. The predicted octanol–water partition coefficient (Wildman–Crippen LogP) is 4.96. The smallest absolute Gasteiger partial charge is 0.341 e. The molecule has 0 aliphatic rings. The highest BCUT2D eigenvalue weighted by Gasteiger charge is 2.27. The van der Waals surface area contributed by atoms with Crippen molar-refractivity contribution in [2.75, 3.05) is 24.4 Å². The number of rotatable bonds is 8. The maximum atomic E-state index is 13.1. The second-order valence-electron chi connectivity index (χ2n) is 7.35. The Morgan fingerprint density at radius 2 is 1.77 bits per heavy atom. The maximum absolute atomic E-state index is 13.1. The fraction of sp³-hybridized carbons (Fsp3) is 0.208. The van der Waals surface area contributed by atoms with Crippen molar-refractivity contribution in [3.63, 3.8) is 0 Å². The number of methoxy groups -OCH3 is 1. The third-order valence-electron chi connectivity index (χ3n) is 5.08. The molecule has 3 aromatic rings. The van der Waals surface area contributed by atoms with E-state index >= 15 is 0 Å². The number of nitrogens with zero attached hydrogens (tertiary/aromatic N) is 1. The Kier molecular flexibility index (Phi) is 7.82. The summed E-state index contributed by atoms with van der Waals surface area (Å²) in [6, 6.07) is 10.9. The summed E-state index contributed by atoms with van der Waals surface area (Å²) < 4.78 is 10.4. The van der Waals surface area contributed by atoms with Crippen LogP contribution >= 0.6 is 11.3 Å². The van der Waals surface area contributed by atoms with Gasteiger partial charge in [0, 0.05) is 17.2 Å². The lowest BCUT2D eigenvalue weighted by molar-refractivity contribution is -0.385. The van der Waals surface area contributed by atoms with Crippen molar-refractivity contribution in [2.24, 2.45) is 0 Å². The van der Waals surface area contributed by atoms with Gasteiger partial charge in [-0.25, -0.2) is 4.79 Å². The molecule has 0 bridgehead atoms. The zero-order chi connectivity index (χ0) is 25.7. The van der Waals surface area contributed by atoms with Gasteiger partial charge in [0.05, 0.1) is 34.8 Å². The molecule has 3 rings (SSSR count). The first-order valence-corrected chi connectivity index (χ1v) is 11.3. The van der Waals surface area contributed by atoms with E-state index in [4.69, 9.17) is 9.47 Å². The van der Waals surface area contributed by atoms with Crippen LogP contribution in [0.1, 0.15) is 48.4 Å². The summed E-state index contributed by atoms with van der Waals surface area (Å²) in [7, 11) is 1.48. The summed E-state index contributed by atoms with van der Waals surface area (Å²) in [6.07, 6.45) is 0. The van der Waals surface area contributed by atoms with Crippen LogP contribution in [0.4, 0.5) is 16.4 Å². The molecule has 35 heavy (non-hydrogen) atoms. The molecule has 0 unspecified atom stereocenters. The van der Waals surface area contributed by atoms with Crippen LogP contribution in [0, 0.1) is 24.0 Å².